The molecule has 0 bridgehead atoms. The van der Waals surface area contributed by atoms with E-state index in [1.54, 1.807) is 0 Å². The summed E-state index contributed by atoms with van der Waals surface area (Å²) in [5, 5.41) is 0. The molecule has 0 unspecified atom stereocenters. The molecule has 0 rings (SSSR count). The largest absolute Gasteiger partial charge is 0 e. The summed E-state index contributed by atoms with van der Waals surface area (Å²) in [6.07, 6.45) is 0. The van der Waals surface area contributed by atoms with Gasteiger partial charge in [-0.3, -0.25) is 0 Å². The van der Waals surface area contributed by atoms with Crippen molar-refractivity contribution in [3.8, 4) is 0 Å². The van der Waals surface area contributed by atoms with Gasteiger partial charge < -0.3 is 6.15 Å². The first kappa shape index (κ1) is 22.7. The summed E-state index contributed by atoms with van der Waals surface area (Å²) in [5.41, 5.74) is 0. The molecule has 1 nitrogen and oxygen atoms in total. The van der Waals surface area contributed by atoms with E-state index in [1.165, 1.54) is 0 Å². The van der Waals surface area contributed by atoms with Crippen molar-refractivity contribution in [2.75, 3.05) is 0 Å². The summed E-state index contributed by atoms with van der Waals surface area (Å²) in [4.78, 5) is 0. The van der Waals surface area contributed by atoms with E-state index < -0.39 is 16.3 Å². The maximum absolute atomic E-state index is 5.05. The SMILES string of the molecule is N.[CaH2].[Cl][Pb]([Cl])([Cl])[Cl].[Ti]. The minimum atomic E-state index is -3.39. The second kappa shape index (κ2) is 11.0. The van der Waals surface area contributed by atoms with Gasteiger partial charge in [-0.15, -0.1) is 0 Å². The Labute approximate surface area is 112 Å². The summed E-state index contributed by atoms with van der Waals surface area (Å²) in [5.74, 6) is 0. The third-order valence-electron chi connectivity index (χ3n) is 0. The van der Waals surface area contributed by atoms with Crippen LogP contribution in [0.4, 0.5) is 0 Å². The van der Waals surface area contributed by atoms with Crippen LogP contribution in [-0.4, -0.2) is 54.0 Å². The van der Waals surface area contributed by atoms with Crippen molar-refractivity contribution in [2.24, 2.45) is 0 Å². The van der Waals surface area contributed by atoms with Gasteiger partial charge in [0.25, 0.3) is 0 Å². The fourth-order valence-electron chi connectivity index (χ4n) is 0. The predicted molar refractivity (Wildman–Crippen MR) is 42.7 cm³/mol. The monoisotopic (exact) mass is 455 g/mol. The zero-order valence-corrected chi connectivity index (χ0v) is 11.7. The summed E-state index contributed by atoms with van der Waals surface area (Å²) < 4.78 is 0. The summed E-state index contributed by atoms with van der Waals surface area (Å²) in [6, 6.07) is 0. The molecule has 8 heavy (non-hydrogen) atoms. The van der Waals surface area contributed by atoms with Gasteiger partial charge in [-0.25, -0.2) is 0 Å². The van der Waals surface area contributed by atoms with Gasteiger partial charge in [0.05, 0.1) is 0 Å². The molecule has 0 aliphatic carbocycles. The minimum absolute atomic E-state index is 0. The molecule has 0 spiro atoms. The molecule has 0 aliphatic rings. The smallest absolute Gasteiger partial charge is 0 e. The van der Waals surface area contributed by atoms with Gasteiger partial charge in [-0.2, -0.15) is 0 Å². The van der Waals surface area contributed by atoms with Crippen molar-refractivity contribution in [1.29, 1.82) is 0 Å². The van der Waals surface area contributed by atoms with Gasteiger partial charge in [-0.05, 0) is 0 Å². The van der Waals surface area contributed by atoms with Crippen LogP contribution in [0.15, 0.2) is 0 Å². The first-order chi connectivity index (χ1) is 2.00. The normalized spacial score (nSPS) is 7.50. The van der Waals surface area contributed by atoms with Crippen molar-refractivity contribution < 1.29 is 21.7 Å². The molecule has 48 valence electrons. The number of rotatable bonds is 0. The average Bonchev–Trinajstić information content (AvgIpc) is 0.722. The molecule has 3 N–H and O–H groups in total. The maximum Gasteiger partial charge on any atom is 0 e. The molecule has 0 aromatic heterocycles. The third-order valence-corrected chi connectivity index (χ3v) is 0. The first-order valence-electron chi connectivity index (χ1n) is 0.756. The summed E-state index contributed by atoms with van der Waals surface area (Å²) in [6.45, 7) is 0. The van der Waals surface area contributed by atoms with Gasteiger partial charge in [-0.1, -0.05) is 0 Å². The van der Waals surface area contributed by atoms with Crippen LogP contribution in [0, 0.1) is 0 Å². The van der Waals surface area contributed by atoms with E-state index in [0.717, 1.165) is 0 Å². The van der Waals surface area contributed by atoms with Crippen LogP contribution in [0.3, 0.4) is 0 Å². The van der Waals surface area contributed by atoms with Gasteiger partial charge in [0, 0.05) is 21.7 Å². The Morgan fingerprint density at radius 1 is 0.875 bits per heavy atom. The fourth-order valence-corrected chi connectivity index (χ4v) is 0. The second-order valence-electron chi connectivity index (χ2n) is 0.429. The van der Waals surface area contributed by atoms with E-state index in [-0.39, 0.29) is 65.6 Å². The summed E-state index contributed by atoms with van der Waals surface area (Å²) >= 11 is -3.39. The molecular formula is H5CaCl4NPbTi. The molecular weight excluding hydrogens is 451 g/mol. The number of hydrogen-bond donors (Lipinski definition) is 1. The van der Waals surface area contributed by atoms with Gasteiger partial charge >= 0.3 is 87.3 Å². The van der Waals surface area contributed by atoms with Gasteiger partial charge in [0.2, 0.25) is 0 Å². The standard InChI is InChI=1S/Ca.4ClH.H3N.Pb.Ti.2H/h;4*1H;1H3;;;;/q;;;;;;+4;;;/p-4. The van der Waals surface area contributed by atoms with Crippen molar-refractivity contribution >= 4 is 87.3 Å². The van der Waals surface area contributed by atoms with Crippen LogP contribution in [0.25, 0.3) is 0 Å². The molecule has 8 heteroatoms. The zero-order valence-electron chi connectivity index (χ0n) is 3.22. The van der Waals surface area contributed by atoms with Crippen molar-refractivity contribution in [1.82, 2.24) is 6.15 Å². The molecule has 0 aromatic rings. The van der Waals surface area contributed by atoms with Crippen LogP contribution in [-0.2, 0) is 21.7 Å². The number of hydrogen-bond acceptors (Lipinski definition) is 1. The quantitative estimate of drug-likeness (QED) is 0.553. The Morgan fingerprint density at radius 2 is 0.875 bits per heavy atom. The molecule has 0 saturated carbocycles. The number of halogens is 4. The molecule has 0 radical (unpaired) electrons. The first-order valence-corrected chi connectivity index (χ1v) is 19.9. The molecule has 0 amide bonds. The van der Waals surface area contributed by atoms with E-state index in [4.69, 9.17) is 33.3 Å². The molecule has 0 saturated heterocycles. The topological polar surface area (TPSA) is 35.0 Å². The third kappa shape index (κ3) is 50.5. The molecule has 0 aromatic carbocycles. The Morgan fingerprint density at radius 3 is 0.875 bits per heavy atom. The van der Waals surface area contributed by atoms with Crippen molar-refractivity contribution in [3.63, 3.8) is 0 Å². The van der Waals surface area contributed by atoms with E-state index in [0.29, 0.717) is 0 Å². The van der Waals surface area contributed by atoms with E-state index in [1.807, 2.05) is 0 Å². The van der Waals surface area contributed by atoms with E-state index >= 15 is 0 Å². The summed E-state index contributed by atoms with van der Waals surface area (Å²) in [7, 11) is 20.2. The molecule has 0 fully saturated rings. The molecule has 0 aliphatic heterocycles. The van der Waals surface area contributed by atoms with Crippen molar-refractivity contribution in [3.05, 3.63) is 0 Å². The average molecular weight is 456 g/mol. The molecule has 0 heterocycles. The van der Waals surface area contributed by atoms with E-state index in [9.17, 15) is 0 Å². The van der Waals surface area contributed by atoms with E-state index in [2.05, 4.69) is 0 Å². The fraction of sp³-hybridized carbons (Fsp3) is 0. The maximum atomic E-state index is 5.05. The predicted octanol–water partition coefficient (Wildman–Crippen LogP) is 1.62. The Kier molecular flexibility index (Phi) is 31.2. The van der Waals surface area contributed by atoms with Crippen molar-refractivity contribution in [2.45, 2.75) is 0 Å². The Bertz CT molecular complexity index is 31.5. The minimum Gasteiger partial charge on any atom is 0 e. The Balaban J connectivity index is -0.0000000267. The van der Waals surface area contributed by atoms with Crippen LogP contribution >= 0.6 is 33.3 Å². The zero-order chi connectivity index (χ0) is 4.50. The van der Waals surface area contributed by atoms with Crippen LogP contribution in [0.5, 0.6) is 0 Å². The van der Waals surface area contributed by atoms with Crippen LogP contribution in [0.2, 0.25) is 0 Å². The van der Waals surface area contributed by atoms with Crippen LogP contribution in [0.1, 0.15) is 0 Å². The van der Waals surface area contributed by atoms with Gasteiger partial charge in [0.15, 0.2) is 0 Å². The molecule has 0 atom stereocenters. The second-order valence-corrected chi connectivity index (χ2v) is 33.8. The Hall–Kier alpha value is 4.02. The van der Waals surface area contributed by atoms with Gasteiger partial charge in [0.1, 0.15) is 0 Å². The van der Waals surface area contributed by atoms with Crippen LogP contribution < -0.4 is 6.15 Å².